The van der Waals surface area contributed by atoms with Crippen LogP contribution in [0.3, 0.4) is 0 Å². The number of benzene rings is 1. The Hall–Kier alpha value is -1.88. The quantitative estimate of drug-likeness (QED) is 0.591. The Bertz CT molecular complexity index is 939. The lowest BCUT2D eigenvalue weighted by molar-refractivity contribution is -0.137. The zero-order valence-electron chi connectivity index (χ0n) is 18.7. The first-order valence-electron chi connectivity index (χ1n) is 11.2. The van der Waals surface area contributed by atoms with E-state index in [9.17, 15) is 30.8 Å². The number of anilines is 1. The fraction of sp³-hybridized carbons (Fsp3) is 0.682. The van der Waals surface area contributed by atoms with Gasteiger partial charge in [-0.3, -0.25) is 9.69 Å². The van der Waals surface area contributed by atoms with E-state index in [0.717, 1.165) is 50.3 Å². The van der Waals surface area contributed by atoms with Gasteiger partial charge >= 0.3 is 6.18 Å². The molecule has 33 heavy (non-hydrogen) atoms. The van der Waals surface area contributed by atoms with Crippen LogP contribution in [0.15, 0.2) is 18.2 Å². The summed E-state index contributed by atoms with van der Waals surface area (Å²) in [5.74, 6) is -1.25. The number of nitrogens with zero attached hydrogens (tertiary/aromatic N) is 2. The minimum Gasteiger partial charge on any atom is -0.369 e. The van der Waals surface area contributed by atoms with Crippen molar-refractivity contribution >= 4 is 21.4 Å². The van der Waals surface area contributed by atoms with Crippen molar-refractivity contribution in [1.82, 2.24) is 4.90 Å². The third kappa shape index (κ3) is 6.59. The summed E-state index contributed by atoms with van der Waals surface area (Å²) in [6, 6.07) is 2.50. The predicted octanol–water partition coefficient (Wildman–Crippen LogP) is 3.06. The zero-order valence-corrected chi connectivity index (χ0v) is 19.5. The van der Waals surface area contributed by atoms with Crippen LogP contribution in [0, 0.1) is 17.7 Å². The van der Waals surface area contributed by atoms with Crippen molar-refractivity contribution in [3.63, 3.8) is 0 Å². The van der Waals surface area contributed by atoms with Crippen LogP contribution in [-0.4, -0.2) is 63.5 Å². The number of halogens is 4. The maximum Gasteiger partial charge on any atom is 0.416 e. The lowest BCUT2D eigenvalue weighted by Crippen LogP contribution is -2.47. The fourth-order valence-electron chi connectivity index (χ4n) is 5.08. The number of carbonyl (C=O) groups excluding carboxylic acids is 1. The summed E-state index contributed by atoms with van der Waals surface area (Å²) in [5, 5.41) is -1.12. The standard InChI is InChI=1S/C22H31F4N3O3S/c1-33(31,32)20(21(27)30)16-4-2-15(3-5-16)8-9-28-10-12-29(13-11-28)19-14-17(22(24,25)26)6-7-18(19)23/h6-7,14-16,20H,2-5,8-13H2,1H3,(H2,27,30). The molecule has 6 nitrogen and oxygen atoms in total. The highest BCUT2D eigenvalue weighted by atomic mass is 32.2. The summed E-state index contributed by atoms with van der Waals surface area (Å²) < 4.78 is 76.9. The van der Waals surface area contributed by atoms with E-state index in [-0.39, 0.29) is 11.6 Å². The molecule has 186 valence electrons. The molecular formula is C22H31F4N3O3S. The van der Waals surface area contributed by atoms with Crippen molar-refractivity contribution in [2.75, 3.05) is 43.9 Å². The van der Waals surface area contributed by atoms with E-state index in [1.807, 2.05) is 0 Å². The Labute approximate surface area is 192 Å². The highest BCUT2D eigenvalue weighted by Gasteiger charge is 2.37. The van der Waals surface area contributed by atoms with E-state index >= 15 is 0 Å². The van der Waals surface area contributed by atoms with Crippen LogP contribution < -0.4 is 10.6 Å². The molecule has 1 saturated heterocycles. The number of amides is 1. The fourth-order valence-corrected chi connectivity index (χ4v) is 6.47. The highest BCUT2D eigenvalue weighted by Crippen LogP contribution is 2.35. The SMILES string of the molecule is CS(=O)(=O)C(C(N)=O)C1CCC(CCN2CCN(c3cc(C(F)(F)F)ccc3F)CC2)CC1. The highest BCUT2D eigenvalue weighted by molar-refractivity contribution is 7.92. The second kappa shape index (κ2) is 10.2. The van der Waals surface area contributed by atoms with Crippen molar-refractivity contribution in [2.45, 2.75) is 43.5 Å². The van der Waals surface area contributed by atoms with Gasteiger partial charge in [-0.1, -0.05) is 12.8 Å². The largest absolute Gasteiger partial charge is 0.416 e. The van der Waals surface area contributed by atoms with E-state index in [4.69, 9.17) is 5.73 Å². The number of nitrogens with two attached hydrogens (primary N) is 1. The molecule has 1 unspecified atom stereocenters. The van der Waals surface area contributed by atoms with Crippen LogP contribution in [0.2, 0.25) is 0 Å². The van der Waals surface area contributed by atoms with E-state index in [0.29, 0.717) is 44.9 Å². The summed E-state index contributed by atoms with van der Waals surface area (Å²) in [4.78, 5) is 15.5. The smallest absolute Gasteiger partial charge is 0.369 e. The molecule has 1 aromatic carbocycles. The van der Waals surface area contributed by atoms with E-state index in [1.165, 1.54) is 0 Å². The molecule has 0 radical (unpaired) electrons. The molecular weight excluding hydrogens is 462 g/mol. The van der Waals surface area contributed by atoms with Gasteiger partial charge in [-0.05, 0) is 55.8 Å². The number of piperazine rings is 1. The van der Waals surface area contributed by atoms with Gasteiger partial charge in [-0.25, -0.2) is 12.8 Å². The van der Waals surface area contributed by atoms with Crippen LogP contribution in [0.4, 0.5) is 23.2 Å². The molecule has 0 aromatic heterocycles. The summed E-state index contributed by atoms with van der Waals surface area (Å²) >= 11 is 0. The molecule has 2 fully saturated rings. The second-order valence-corrected chi connectivity index (χ2v) is 11.4. The van der Waals surface area contributed by atoms with E-state index in [1.54, 1.807) is 4.90 Å². The van der Waals surface area contributed by atoms with Gasteiger partial charge in [-0.15, -0.1) is 0 Å². The maximum atomic E-state index is 14.2. The van der Waals surface area contributed by atoms with Gasteiger partial charge in [0.25, 0.3) is 0 Å². The molecule has 0 spiro atoms. The molecule has 1 heterocycles. The number of alkyl halides is 3. The third-order valence-electron chi connectivity index (χ3n) is 6.90. The molecule has 3 rings (SSSR count). The average molecular weight is 494 g/mol. The number of carbonyl (C=O) groups is 1. The Balaban J connectivity index is 1.46. The Kier molecular flexibility index (Phi) is 7.93. The third-order valence-corrected chi connectivity index (χ3v) is 8.44. The minimum absolute atomic E-state index is 0.0160. The lowest BCUT2D eigenvalue weighted by Gasteiger charge is -2.37. The van der Waals surface area contributed by atoms with Crippen LogP contribution in [0.25, 0.3) is 0 Å². The first-order valence-corrected chi connectivity index (χ1v) is 13.1. The monoisotopic (exact) mass is 493 g/mol. The number of hydrogen-bond acceptors (Lipinski definition) is 5. The molecule has 1 amide bonds. The number of sulfone groups is 1. The summed E-state index contributed by atoms with van der Waals surface area (Å²) in [5.41, 5.74) is 4.46. The van der Waals surface area contributed by atoms with Crippen molar-refractivity contribution in [2.24, 2.45) is 17.6 Å². The maximum absolute atomic E-state index is 14.2. The van der Waals surface area contributed by atoms with Crippen LogP contribution in [0.5, 0.6) is 0 Å². The van der Waals surface area contributed by atoms with Gasteiger partial charge in [-0.2, -0.15) is 13.2 Å². The van der Waals surface area contributed by atoms with Crippen LogP contribution >= 0.6 is 0 Å². The molecule has 1 aromatic rings. The molecule has 1 atom stereocenters. The van der Waals surface area contributed by atoms with Crippen LogP contribution in [0.1, 0.15) is 37.7 Å². The minimum atomic E-state index is -4.51. The molecule has 1 aliphatic carbocycles. The van der Waals surface area contributed by atoms with Crippen molar-refractivity contribution < 1.29 is 30.8 Å². The van der Waals surface area contributed by atoms with Gasteiger partial charge in [0.1, 0.15) is 11.1 Å². The topological polar surface area (TPSA) is 83.7 Å². The van der Waals surface area contributed by atoms with Gasteiger partial charge in [0.2, 0.25) is 5.91 Å². The summed E-state index contributed by atoms with van der Waals surface area (Å²) in [6.45, 7) is 2.96. The van der Waals surface area contributed by atoms with E-state index in [2.05, 4.69) is 4.90 Å². The Morgan fingerprint density at radius 1 is 1.12 bits per heavy atom. The molecule has 2 aliphatic rings. The lowest BCUT2D eigenvalue weighted by atomic mass is 9.79. The number of rotatable bonds is 7. The molecule has 11 heteroatoms. The van der Waals surface area contributed by atoms with Crippen molar-refractivity contribution in [3.05, 3.63) is 29.6 Å². The van der Waals surface area contributed by atoms with E-state index < -0.39 is 38.6 Å². The van der Waals surface area contributed by atoms with Crippen molar-refractivity contribution in [3.8, 4) is 0 Å². The Morgan fingerprint density at radius 3 is 2.24 bits per heavy atom. The molecule has 1 aliphatic heterocycles. The zero-order chi connectivity index (χ0) is 24.4. The average Bonchev–Trinajstić information content (AvgIpc) is 2.72. The summed E-state index contributed by atoms with van der Waals surface area (Å²) in [6.07, 6.45) is 0.423. The number of hydrogen-bond donors (Lipinski definition) is 1. The van der Waals surface area contributed by atoms with Gasteiger partial charge in [0.15, 0.2) is 9.84 Å². The van der Waals surface area contributed by atoms with Crippen LogP contribution in [-0.2, 0) is 20.8 Å². The molecule has 0 bridgehead atoms. The first-order chi connectivity index (χ1) is 15.4. The van der Waals surface area contributed by atoms with Gasteiger partial charge in [0.05, 0.1) is 11.3 Å². The molecule has 2 N–H and O–H groups in total. The summed E-state index contributed by atoms with van der Waals surface area (Å²) in [7, 11) is -3.53. The van der Waals surface area contributed by atoms with Gasteiger partial charge in [0, 0.05) is 32.4 Å². The predicted molar refractivity (Wildman–Crippen MR) is 118 cm³/mol. The second-order valence-electron chi connectivity index (χ2n) is 9.21. The Morgan fingerprint density at radius 2 is 1.73 bits per heavy atom. The number of primary amides is 1. The van der Waals surface area contributed by atoms with Gasteiger partial charge < -0.3 is 10.6 Å². The molecule has 1 saturated carbocycles. The normalized spacial score (nSPS) is 24.0. The van der Waals surface area contributed by atoms with Crippen molar-refractivity contribution in [1.29, 1.82) is 0 Å². The first kappa shape index (κ1) is 25.7.